The van der Waals surface area contributed by atoms with E-state index in [1.165, 1.54) is 37.2 Å². The summed E-state index contributed by atoms with van der Waals surface area (Å²) in [6, 6.07) is 8.38. The molecule has 4 heteroatoms. The van der Waals surface area contributed by atoms with E-state index in [0.717, 1.165) is 25.1 Å². The molecule has 1 aromatic carbocycles. The first kappa shape index (κ1) is 14.9. The van der Waals surface area contributed by atoms with Crippen LogP contribution in [0.2, 0.25) is 0 Å². The molecule has 2 heterocycles. The molecule has 0 amide bonds. The number of aromatic nitrogens is 2. The topological polar surface area (TPSA) is 47.1 Å². The maximum atomic E-state index is 6.01. The second kappa shape index (κ2) is 6.86. The van der Waals surface area contributed by atoms with Crippen molar-refractivity contribution in [3.8, 4) is 0 Å². The molecule has 2 aromatic rings. The lowest BCUT2D eigenvalue weighted by molar-refractivity contribution is 0.424. The van der Waals surface area contributed by atoms with E-state index in [0.29, 0.717) is 5.92 Å². The quantitative estimate of drug-likeness (QED) is 0.832. The minimum atomic E-state index is 0.604. The van der Waals surface area contributed by atoms with Crippen LogP contribution in [0, 0.1) is 5.92 Å². The molecule has 0 radical (unpaired) electrons. The first-order valence-electron chi connectivity index (χ1n) is 8.33. The van der Waals surface area contributed by atoms with E-state index in [1.54, 1.807) is 0 Å². The Labute approximate surface area is 132 Å². The molecule has 0 bridgehead atoms. The Morgan fingerprint density at radius 1 is 1.27 bits per heavy atom. The Kier molecular flexibility index (Phi) is 4.66. The summed E-state index contributed by atoms with van der Waals surface area (Å²) in [7, 11) is 0. The molecule has 2 N–H and O–H groups in total. The van der Waals surface area contributed by atoms with E-state index in [2.05, 4.69) is 29.1 Å². The van der Waals surface area contributed by atoms with Crippen molar-refractivity contribution in [1.29, 1.82) is 0 Å². The third-order valence-electron chi connectivity index (χ3n) is 4.51. The normalized spacial score (nSPS) is 16.1. The van der Waals surface area contributed by atoms with E-state index < -0.39 is 0 Å². The van der Waals surface area contributed by atoms with Gasteiger partial charge in [-0.1, -0.05) is 6.92 Å². The first-order chi connectivity index (χ1) is 10.7. The smallest absolute Gasteiger partial charge is 0.0489 e. The van der Waals surface area contributed by atoms with Gasteiger partial charge in [-0.3, -0.25) is 4.68 Å². The summed E-state index contributed by atoms with van der Waals surface area (Å²) < 4.78 is 2.02. The molecule has 1 aliphatic heterocycles. The van der Waals surface area contributed by atoms with Crippen LogP contribution in [-0.2, 0) is 13.0 Å². The zero-order valence-electron chi connectivity index (χ0n) is 13.4. The van der Waals surface area contributed by atoms with Crippen molar-refractivity contribution in [1.82, 2.24) is 9.78 Å². The number of benzene rings is 1. The van der Waals surface area contributed by atoms with E-state index in [4.69, 9.17) is 5.73 Å². The number of hydrogen-bond donors (Lipinski definition) is 1. The third-order valence-corrected chi connectivity index (χ3v) is 4.51. The number of aryl methyl sites for hydroxylation is 1. The van der Waals surface area contributed by atoms with Gasteiger partial charge in [-0.15, -0.1) is 0 Å². The molecule has 118 valence electrons. The molecule has 0 saturated carbocycles. The second-order valence-corrected chi connectivity index (χ2v) is 6.45. The number of nitrogen functional groups attached to an aromatic ring is 1. The first-order valence-corrected chi connectivity index (χ1v) is 8.33. The van der Waals surface area contributed by atoms with Crippen LogP contribution in [0.15, 0.2) is 36.7 Å². The zero-order chi connectivity index (χ0) is 15.4. The summed E-state index contributed by atoms with van der Waals surface area (Å²) in [6.07, 6.45) is 8.73. The molecule has 1 aliphatic rings. The van der Waals surface area contributed by atoms with E-state index in [-0.39, 0.29) is 0 Å². The number of rotatable bonds is 6. The Morgan fingerprint density at radius 2 is 2.09 bits per heavy atom. The number of nitrogens with zero attached hydrogens (tertiary/aromatic N) is 3. The lowest BCUT2D eigenvalue weighted by Crippen LogP contribution is -2.19. The van der Waals surface area contributed by atoms with Crippen molar-refractivity contribution in [2.45, 2.75) is 39.2 Å². The number of hydrogen-bond acceptors (Lipinski definition) is 3. The van der Waals surface area contributed by atoms with Crippen LogP contribution in [0.4, 0.5) is 11.4 Å². The average molecular weight is 298 g/mol. The summed E-state index contributed by atoms with van der Waals surface area (Å²) in [4.78, 5) is 2.51. The predicted molar refractivity (Wildman–Crippen MR) is 92.0 cm³/mol. The highest BCUT2D eigenvalue weighted by Crippen LogP contribution is 2.28. The maximum absolute atomic E-state index is 6.01. The lowest BCUT2D eigenvalue weighted by Gasteiger charge is -2.22. The van der Waals surface area contributed by atoms with Crippen LogP contribution in [0.3, 0.4) is 0 Å². The van der Waals surface area contributed by atoms with Crippen LogP contribution in [0.1, 0.15) is 31.7 Å². The Morgan fingerprint density at radius 3 is 2.82 bits per heavy atom. The third kappa shape index (κ3) is 3.62. The summed E-state index contributed by atoms with van der Waals surface area (Å²) in [5.74, 6) is 0.604. The molecule has 3 rings (SSSR count). The fraction of sp³-hybridized carbons (Fsp3) is 0.500. The van der Waals surface area contributed by atoms with Crippen molar-refractivity contribution >= 4 is 11.4 Å². The lowest BCUT2D eigenvalue weighted by atomic mass is 9.99. The maximum Gasteiger partial charge on any atom is 0.0489 e. The van der Waals surface area contributed by atoms with Gasteiger partial charge in [-0.05, 0) is 61.4 Å². The van der Waals surface area contributed by atoms with Gasteiger partial charge in [0.05, 0.1) is 0 Å². The standard InChI is InChI=1S/C18H26N4/c1-15(14-22-12-4-9-20-22)5-6-16-13-17(19)7-8-18(16)21-10-2-3-11-21/h4,7-9,12-13,15H,2-3,5-6,10-11,14,19H2,1H3. The van der Waals surface area contributed by atoms with Crippen molar-refractivity contribution < 1.29 is 0 Å². The van der Waals surface area contributed by atoms with E-state index >= 15 is 0 Å². The van der Waals surface area contributed by atoms with Gasteiger partial charge in [-0.2, -0.15) is 5.10 Å². The fourth-order valence-corrected chi connectivity index (χ4v) is 3.29. The molecule has 1 atom stereocenters. The molecule has 4 nitrogen and oxygen atoms in total. The summed E-state index contributed by atoms with van der Waals surface area (Å²) in [5, 5.41) is 4.29. The molecular weight excluding hydrogens is 272 g/mol. The minimum absolute atomic E-state index is 0.604. The van der Waals surface area contributed by atoms with Crippen LogP contribution >= 0.6 is 0 Å². The molecule has 1 unspecified atom stereocenters. The highest BCUT2D eigenvalue weighted by molar-refractivity contribution is 5.60. The van der Waals surface area contributed by atoms with E-state index in [9.17, 15) is 0 Å². The summed E-state index contributed by atoms with van der Waals surface area (Å²) >= 11 is 0. The number of nitrogens with two attached hydrogens (primary N) is 1. The van der Waals surface area contributed by atoms with Crippen molar-refractivity contribution in [3.05, 3.63) is 42.2 Å². The van der Waals surface area contributed by atoms with Crippen molar-refractivity contribution in [2.75, 3.05) is 23.7 Å². The molecule has 22 heavy (non-hydrogen) atoms. The zero-order valence-corrected chi connectivity index (χ0v) is 13.4. The van der Waals surface area contributed by atoms with Gasteiger partial charge in [0.1, 0.15) is 0 Å². The predicted octanol–water partition coefficient (Wildman–Crippen LogP) is 3.33. The van der Waals surface area contributed by atoms with Gasteiger partial charge < -0.3 is 10.6 Å². The van der Waals surface area contributed by atoms with Crippen LogP contribution < -0.4 is 10.6 Å². The van der Waals surface area contributed by atoms with Crippen molar-refractivity contribution in [2.24, 2.45) is 5.92 Å². The molecule has 0 aliphatic carbocycles. The molecule has 0 spiro atoms. The van der Waals surface area contributed by atoms with Crippen LogP contribution in [0.5, 0.6) is 0 Å². The van der Waals surface area contributed by atoms with Crippen molar-refractivity contribution in [3.63, 3.8) is 0 Å². The van der Waals surface area contributed by atoms with Crippen LogP contribution in [0.25, 0.3) is 0 Å². The largest absolute Gasteiger partial charge is 0.399 e. The Bertz CT molecular complexity index is 585. The van der Waals surface area contributed by atoms with Gasteiger partial charge in [0, 0.05) is 43.4 Å². The highest BCUT2D eigenvalue weighted by atomic mass is 15.3. The van der Waals surface area contributed by atoms with Gasteiger partial charge >= 0.3 is 0 Å². The van der Waals surface area contributed by atoms with Gasteiger partial charge in [0.2, 0.25) is 0 Å². The Hall–Kier alpha value is -1.97. The monoisotopic (exact) mass is 298 g/mol. The summed E-state index contributed by atoms with van der Waals surface area (Å²) in [5.41, 5.74) is 9.67. The Balaban J connectivity index is 1.64. The summed E-state index contributed by atoms with van der Waals surface area (Å²) in [6.45, 7) is 5.64. The van der Waals surface area contributed by atoms with Gasteiger partial charge in [-0.25, -0.2) is 0 Å². The SMILES string of the molecule is CC(CCc1cc(N)ccc1N1CCCC1)Cn1cccn1. The van der Waals surface area contributed by atoms with Gasteiger partial charge in [0.15, 0.2) is 0 Å². The van der Waals surface area contributed by atoms with Gasteiger partial charge in [0.25, 0.3) is 0 Å². The second-order valence-electron chi connectivity index (χ2n) is 6.45. The molecular formula is C18H26N4. The molecule has 1 fully saturated rings. The fourth-order valence-electron chi connectivity index (χ4n) is 3.29. The molecule has 1 saturated heterocycles. The van der Waals surface area contributed by atoms with E-state index in [1.807, 2.05) is 29.2 Å². The number of anilines is 2. The minimum Gasteiger partial charge on any atom is -0.399 e. The van der Waals surface area contributed by atoms with Crippen LogP contribution in [-0.4, -0.2) is 22.9 Å². The highest BCUT2D eigenvalue weighted by Gasteiger charge is 2.16. The molecule has 1 aromatic heterocycles. The average Bonchev–Trinajstić information content (AvgIpc) is 3.18.